The van der Waals surface area contributed by atoms with E-state index in [4.69, 9.17) is 16.3 Å². The lowest BCUT2D eigenvalue weighted by molar-refractivity contribution is -0.114. The van der Waals surface area contributed by atoms with E-state index in [2.05, 4.69) is 16.0 Å². The first kappa shape index (κ1) is 19.0. The largest absolute Gasteiger partial charge is 0.495 e. The smallest absolute Gasteiger partial charge is 0.253 e. The number of hydrogen-bond acceptors (Lipinski definition) is 4. The molecular weight excluding hydrogens is 366 g/mol. The van der Waals surface area contributed by atoms with E-state index in [1.165, 1.54) is 7.11 Å². The molecule has 7 heteroatoms. The molecule has 0 heterocycles. The number of para-hydroxylation sites is 1. The first-order valence-corrected chi connectivity index (χ1v) is 9.13. The molecular formula is C20H22ClN3O3. The molecule has 0 radical (unpaired) electrons. The average molecular weight is 388 g/mol. The molecule has 1 fully saturated rings. The van der Waals surface area contributed by atoms with Gasteiger partial charge in [0.15, 0.2) is 0 Å². The summed E-state index contributed by atoms with van der Waals surface area (Å²) in [6, 6.07) is 10.8. The Morgan fingerprint density at radius 3 is 2.63 bits per heavy atom. The minimum atomic E-state index is -0.257. The van der Waals surface area contributed by atoms with Crippen LogP contribution in [0.25, 0.3) is 0 Å². The Hall–Kier alpha value is -2.73. The minimum absolute atomic E-state index is 0.0125. The topological polar surface area (TPSA) is 79.5 Å². The Morgan fingerprint density at radius 1 is 1.19 bits per heavy atom. The predicted molar refractivity (Wildman–Crippen MR) is 107 cm³/mol. The molecule has 27 heavy (non-hydrogen) atoms. The van der Waals surface area contributed by atoms with Gasteiger partial charge in [0, 0.05) is 22.8 Å². The Balaban J connectivity index is 1.64. The second-order valence-electron chi connectivity index (χ2n) is 6.50. The highest BCUT2D eigenvalue weighted by molar-refractivity contribution is 6.31. The van der Waals surface area contributed by atoms with Gasteiger partial charge in [0.25, 0.3) is 5.91 Å². The summed E-state index contributed by atoms with van der Waals surface area (Å²) in [5, 5.41) is 9.36. The summed E-state index contributed by atoms with van der Waals surface area (Å²) >= 11 is 6.09. The van der Waals surface area contributed by atoms with E-state index in [0.29, 0.717) is 27.7 Å². The molecule has 0 spiro atoms. The van der Waals surface area contributed by atoms with Crippen molar-refractivity contribution >= 4 is 34.8 Å². The third-order valence-corrected chi connectivity index (χ3v) is 4.69. The van der Waals surface area contributed by atoms with Crippen molar-refractivity contribution in [3.63, 3.8) is 0 Å². The van der Waals surface area contributed by atoms with Crippen LogP contribution in [-0.2, 0) is 4.79 Å². The van der Waals surface area contributed by atoms with Gasteiger partial charge in [-0.1, -0.05) is 23.7 Å². The third kappa shape index (κ3) is 4.92. The summed E-state index contributed by atoms with van der Waals surface area (Å²) in [5.74, 6) is 0.103. The zero-order valence-electron chi connectivity index (χ0n) is 15.3. The highest BCUT2D eigenvalue weighted by atomic mass is 35.5. The number of halogens is 1. The number of nitrogens with one attached hydrogen (secondary N) is 3. The van der Waals surface area contributed by atoms with Gasteiger partial charge in [0.1, 0.15) is 5.75 Å². The van der Waals surface area contributed by atoms with Gasteiger partial charge >= 0.3 is 0 Å². The van der Waals surface area contributed by atoms with Crippen LogP contribution < -0.4 is 20.7 Å². The number of benzene rings is 2. The van der Waals surface area contributed by atoms with Crippen LogP contribution in [-0.4, -0.2) is 31.5 Å². The number of hydrogen-bond donors (Lipinski definition) is 3. The van der Waals surface area contributed by atoms with Gasteiger partial charge in [-0.3, -0.25) is 9.59 Å². The lowest BCUT2D eigenvalue weighted by Gasteiger charge is -2.14. The number of carbonyl (C=O) groups is 2. The van der Waals surface area contributed by atoms with Crippen molar-refractivity contribution in [2.24, 2.45) is 0 Å². The van der Waals surface area contributed by atoms with Crippen LogP contribution in [0, 0.1) is 6.92 Å². The number of amides is 2. The monoisotopic (exact) mass is 387 g/mol. The first-order valence-electron chi connectivity index (χ1n) is 8.75. The number of anilines is 2. The zero-order valence-corrected chi connectivity index (χ0v) is 16.0. The molecule has 2 aromatic carbocycles. The molecule has 0 bridgehead atoms. The van der Waals surface area contributed by atoms with Gasteiger partial charge in [-0.2, -0.15) is 0 Å². The molecule has 3 N–H and O–H groups in total. The lowest BCUT2D eigenvalue weighted by atomic mass is 10.1. The Kier molecular flexibility index (Phi) is 5.86. The molecule has 3 rings (SSSR count). The van der Waals surface area contributed by atoms with E-state index in [0.717, 1.165) is 18.4 Å². The van der Waals surface area contributed by atoms with Crippen LogP contribution in [0.5, 0.6) is 5.75 Å². The molecule has 2 amide bonds. The van der Waals surface area contributed by atoms with Crippen LogP contribution >= 0.6 is 11.6 Å². The van der Waals surface area contributed by atoms with Gasteiger partial charge in [-0.15, -0.1) is 0 Å². The molecule has 0 unspecified atom stereocenters. The number of aryl methyl sites for hydroxylation is 1. The van der Waals surface area contributed by atoms with Crippen LogP contribution in [0.15, 0.2) is 36.4 Å². The number of rotatable bonds is 7. The normalized spacial score (nSPS) is 13.0. The fraction of sp³-hybridized carbons (Fsp3) is 0.300. The summed E-state index contributed by atoms with van der Waals surface area (Å²) in [6.07, 6.45) is 2.04. The van der Waals surface area contributed by atoms with Crippen LogP contribution in [0.1, 0.15) is 28.8 Å². The van der Waals surface area contributed by atoms with E-state index in [1.807, 2.05) is 13.0 Å². The predicted octanol–water partition coefficient (Wildman–Crippen LogP) is 3.60. The number of carbonyl (C=O) groups excluding carboxylic acids is 2. The first-order chi connectivity index (χ1) is 13.0. The lowest BCUT2D eigenvalue weighted by Crippen LogP contribution is -2.27. The van der Waals surface area contributed by atoms with E-state index in [9.17, 15) is 9.59 Å². The van der Waals surface area contributed by atoms with Gasteiger partial charge in [0.2, 0.25) is 5.91 Å². The van der Waals surface area contributed by atoms with Gasteiger partial charge in [-0.25, -0.2) is 0 Å². The summed E-state index contributed by atoms with van der Waals surface area (Å²) in [5.41, 5.74) is 2.52. The Labute approximate surface area is 163 Å². The van der Waals surface area contributed by atoms with Crippen molar-refractivity contribution in [3.05, 3.63) is 52.5 Å². The molecule has 1 saturated carbocycles. The average Bonchev–Trinajstić information content (AvgIpc) is 3.47. The van der Waals surface area contributed by atoms with E-state index in [-0.39, 0.29) is 24.4 Å². The highest BCUT2D eigenvalue weighted by Gasteiger charge is 2.24. The van der Waals surface area contributed by atoms with E-state index < -0.39 is 0 Å². The fourth-order valence-corrected chi connectivity index (χ4v) is 2.78. The molecule has 0 aromatic heterocycles. The van der Waals surface area contributed by atoms with Crippen molar-refractivity contribution < 1.29 is 14.3 Å². The Bertz CT molecular complexity index is 866. The molecule has 142 valence electrons. The van der Waals surface area contributed by atoms with Gasteiger partial charge < -0.3 is 20.7 Å². The maximum Gasteiger partial charge on any atom is 0.253 e. The summed E-state index contributed by atoms with van der Waals surface area (Å²) in [4.78, 5) is 24.7. The molecule has 0 aliphatic heterocycles. The second-order valence-corrected chi connectivity index (χ2v) is 6.90. The summed E-state index contributed by atoms with van der Waals surface area (Å²) < 4.78 is 5.27. The molecule has 1 aliphatic rings. The van der Waals surface area contributed by atoms with E-state index in [1.54, 1.807) is 30.3 Å². The van der Waals surface area contributed by atoms with Crippen molar-refractivity contribution in [1.29, 1.82) is 0 Å². The van der Waals surface area contributed by atoms with E-state index >= 15 is 0 Å². The quantitative estimate of drug-likeness (QED) is 0.678. The highest BCUT2D eigenvalue weighted by Crippen LogP contribution is 2.31. The number of ether oxygens (including phenoxy) is 1. The minimum Gasteiger partial charge on any atom is -0.495 e. The molecule has 1 aliphatic carbocycles. The second kappa shape index (κ2) is 8.31. The van der Waals surface area contributed by atoms with Gasteiger partial charge in [0.05, 0.1) is 24.9 Å². The Morgan fingerprint density at radius 2 is 1.93 bits per heavy atom. The van der Waals surface area contributed by atoms with Crippen molar-refractivity contribution in [2.75, 3.05) is 24.3 Å². The number of methoxy groups -OCH3 is 1. The standard InChI is InChI=1S/C20H22ClN3O3/c1-12-9-17(18(27-2)10-15(12)21)24-19(25)11-22-16-6-4-3-5-14(16)20(26)23-13-7-8-13/h3-6,9-10,13,22H,7-8,11H2,1-2H3,(H,23,26)(H,24,25). The fourth-order valence-electron chi connectivity index (χ4n) is 2.63. The molecule has 0 saturated heterocycles. The van der Waals surface area contributed by atoms with Crippen LogP contribution in [0.3, 0.4) is 0 Å². The SMILES string of the molecule is COc1cc(Cl)c(C)cc1NC(=O)CNc1ccccc1C(=O)NC1CC1. The molecule has 2 aromatic rings. The van der Waals surface area contributed by atoms with Crippen molar-refractivity contribution in [1.82, 2.24) is 5.32 Å². The maximum absolute atomic E-state index is 12.4. The third-order valence-electron chi connectivity index (χ3n) is 4.28. The van der Waals surface area contributed by atoms with Crippen LogP contribution in [0.4, 0.5) is 11.4 Å². The van der Waals surface area contributed by atoms with Crippen LogP contribution in [0.2, 0.25) is 5.02 Å². The molecule has 0 atom stereocenters. The maximum atomic E-state index is 12.4. The zero-order chi connectivity index (χ0) is 19.4. The molecule has 6 nitrogen and oxygen atoms in total. The van der Waals surface area contributed by atoms with Crippen molar-refractivity contribution in [2.45, 2.75) is 25.8 Å². The summed E-state index contributed by atoms with van der Waals surface area (Å²) in [6.45, 7) is 1.86. The summed E-state index contributed by atoms with van der Waals surface area (Å²) in [7, 11) is 1.52. The van der Waals surface area contributed by atoms with Gasteiger partial charge in [-0.05, 0) is 43.5 Å². The van der Waals surface area contributed by atoms with Crippen molar-refractivity contribution in [3.8, 4) is 5.75 Å².